The van der Waals surface area contributed by atoms with Gasteiger partial charge in [-0.3, -0.25) is 0 Å². The first kappa shape index (κ1) is 10.5. The summed E-state index contributed by atoms with van der Waals surface area (Å²) in [7, 11) is 0. The van der Waals surface area contributed by atoms with E-state index >= 15 is 0 Å². The molecule has 0 saturated heterocycles. The number of aromatic nitrogens is 1. The Morgan fingerprint density at radius 3 is 2.50 bits per heavy atom. The molecule has 1 N–H and O–H groups in total. The minimum atomic E-state index is -4.60. The molecule has 0 aromatic carbocycles. The molecule has 1 heterocycles. The monoisotopic (exact) mass is 202 g/mol. The zero-order valence-corrected chi connectivity index (χ0v) is 6.84. The lowest BCUT2D eigenvalue weighted by molar-refractivity contribution is -0.141. The predicted octanol–water partition coefficient (Wildman–Crippen LogP) is 1.46. The SMILES string of the molecule is N#Cc1cc(CO)nc(C(F)(F)F)c1. The fourth-order valence-electron chi connectivity index (χ4n) is 0.878. The molecule has 1 aromatic heterocycles. The van der Waals surface area contributed by atoms with Crippen LogP contribution in [-0.4, -0.2) is 10.1 Å². The van der Waals surface area contributed by atoms with Crippen LogP contribution in [-0.2, 0) is 12.8 Å². The van der Waals surface area contributed by atoms with E-state index in [-0.39, 0.29) is 11.3 Å². The number of nitrogens with zero attached hydrogens (tertiary/aromatic N) is 2. The summed E-state index contributed by atoms with van der Waals surface area (Å²) in [5.41, 5.74) is -1.51. The fourth-order valence-corrected chi connectivity index (χ4v) is 0.878. The molecule has 0 fully saturated rings. The Hall–Kier alpha value is -1.61. The van der Waals surface area contributed by atoms with E-state index in [1.165, 1.54) is 0 Å². The molecule has 6 heteroatoms. The number of pyridine rings is 1. The average molecular weight is 202 g/mol. The molecule has 0 aliphatic carbocycles. The highest BCUT2D eigenvalue weighted by Gasteiger charge is 2.33. The zero-order chi connectivity index (χ0) is 10.8. The molecule has 74 valence electrons. The van der Waals surface area contributed by atoms with Gasteiger partial charge in [-0.2, -0.15) is 18.4 Å². The predicted molar refractivity (Wildman–Crippen MR) is 39.9 cm³/mol. The molecular weight excluding hydrogens is 197 g/mol. The largest absolute Gasteiger partial charge is 0.433 e. The quantitative estimate of drug-likeness (QED) is 0.750. The first-order chi connectivity index (χ1) is 6.47. The number of nitriles is 1. The minimum Gasteiger partial charge on any atom is -0.390 e. The maximum Gasteiger partial charge on any atom is 0.433 e. The van der Waals surface area contributed by atoms with Gasteiger partial charge in [-0.05, 0) is 12.1 Å². The Balaban J connectivity index is 3.26. The van der Waals surface area contributed by atoms with Gasteiger partial charge in [0, 0.05) is 0 Å². The molecule has 0 amide bonds. The van der Waals surface area contributed by atoms with Gasteiger partial charge in [0.2, 0.25) is 0 Å². The van der Waals surface area contributed by atoms with Crippen molar-refractivity contribution in [2.75, 3.05) is 0 Å². The van der Waals surface area contributed by atoms with Gasteiger partial charge < -0.3 is 5.11 Å². The summed E-state index contributed by atoms with van der Waals surface area (Å²) in [6.45, 7) is -0.626. The Kier molecular flexibility index (Phi) is 2.72. The van der Waals surface area contributed by atoms with Crippen molar-refractivity contribution in [1.82, 2.24) is 4.98 Å². The Morgan fingerprint density at radius 1 is 1.43 bits per heavy atom. The molecule has 0 radical (unpaired) electrons. The van der Waals surface area contributed by atoms with E-state index < -0.39 is 18.5 Å². The van der Waals surface area contributed by atoms with Crippen molar-refractivity contribution in [3.63, 3.8) is 0 Å². The van der Waals surface area contributed by atoms with Gasteiger partial charge in [-0.1, -0.05) is 0 Å². The molecule has 14 heavy (non-hydrogen) atoms. The van der Waals surface area contributed by atoms with Crippen LogP contribution in [0.3, 0.4) is 0 Å². The van der Waals surface area contributed by atoms with Gasteiger partial charge in [-0.15, -0.1) is 0 Å². The molecule has 1 rings (SSSR count). The van der Waals surface area contributed by atoms with E-state index in [0.717, 1.165) is 6.07 Å². The first-order valence-electron chi connectivity index (χ1n) is 3.56. The third-order valence-electron chi connectivity index (χ3n) is 1.46. The molecule has 0 spiro atoms. The summed E-state index contributed by atoms with van der Waals surface area (Å²) in [5, 5.41) is 17.0. The Bertz CT molecular complexity index is 381. The van der Waals surface area contributed by atoms with Crippen molar-refractivity contribution in [3.8, 4) is 6.07 Å². The van der Waals surface area contributed by atoms with Crippen LogP contribution in [0.1, 0.15) is 17.0 Å². The standard InChI is InChI=1S/C8H5F3N2O/c9-8(10,11)7-2-5(3-12)1-6(4-14)13-7/h1-2,14H,4H2. The van der Waals surface area contributed by atoms with E-state index in [2.05, 4.69) is 4.98 Å². The van der Waals surface area contributed by atoms with Gasteiger partial charge >= 0.3 is 6.18 Å². The normalized spacial score (nSPS) is 11.1. The van der Waals surface area contributed by atoms with Gasteiger partial charge in [0.15, 0.2) is 0 Å². The van der Waals surface area contributed by atoms with Crippen molar-refractivity contribution in [2.45, 2.75) is 12.8 Å². The van der Waals surface area contributed by atoms with Crippen LogP contribution in [0.15, 0.2) is 12.1 Å². The van der Waals surface area contributed by atoms with Crippen molar-refractivity contribution < 1.29 is 18.3 Å². The van der Waals surface area contributed by atoms with Crippen LogP contribution in [0, 0.1) is 11.3 Å². The highest BCUT2D eigenvalue weighted by molar-refractivity contribution is 5.32. The number of hydrogen-bond donors (Lipinski definition) is 1. The maximum atomic E-state index is 12.2. The molecule has 0 bridgehead atoms. The molecule has 0 aliphatic heterocycles. The second-order valence-corrected chi connectivity index (χ2v) is 2.50. The van der Waals surface area contributed by atoms with E-state index in [1.54, 1.807) is 6.07 Å². The van der Waals surface area contributed by atoms with E-state index in [1.807, 2.05) is 0 Å². The third-order valence-corrected chi connectivity index (χ3v) is 1.46. The summed E-state index contributed by atoms with van der Waals surface area (Å²) in [6.07, 6.45) is -4.60. The smallest absolute Gasteiger partial charge is 0.390 e. The number of rotatable bonds is 1. The lowest BCUT2D eigenvalue weighted by Gasteiger charge is -2.07. The number of alkyl halides is 3. The lowest BCUT2D eigenvalue weighted by Crippen LogP contribution is -2.10. The van der Waals surface area contributed by atoms with E-state index in [4.69, 9.17) is 10.4 Å². The van der Waals surface area contributed by atoms with Gasteiger partial charge in [0.25, 0.3) is 0 Å². The second-order valence-electron chi connectivity index (χ2n) is 2.50. The topological polar surface area (TPSA) is 56.9 Å². The van der Waals surface area contributed by atoms with Crippen LogP contribution >= 0.6 is 0 Å². The van der Waals surface area contributed by atoms with Crippen molar-refractivity contribution in [3.05, 3.63) is 29.1 Å². The average Bonchev–Trinajstić information content (AvgIpc) is 2.15. The van der Waals surface area contributed by atoms with E-state index in [0.29, 0.717) is 6.07 Å². The van der Waals surface area contributed by atoms with Crippen molar-refractivity contribution in [2.24, 2.45) is 0 Å². The van der Waals surface area contributed by atoms with Crippen molar-refractivity contribution in [1.29, 1.82) is 5.26 Å². The highest BCUT2D eigenvalue weighted by Crippen LogP contribution is 2.28. The molecule has 3 nitrogen and oxygen atoms in total. The minimum absolute atomic E-state index is 0.170. The van der Waals surface area contributed by atoms with Crippen LogP contribution in [0.25, 0.3) is 0 Å². The number of aliphatic hydroxyl groups excluding tert-OH is 1. The fraction of sp³-hybridized carbons (Fsp3) is 0.250. The maximum absolute atomic E-state index is 12.2. The van der Waals surface area contributed by atoms with Gasteiger partial charge in [-0.25, -0.2) is 4.98 Å². The molecule has 0 aliphatic rings. The van der Waals surface area contributed by atoms with Gasteiger partial charge in [0.05, 0.1) is 23.9 Å². The highest BCUT2D eigenvalue weighted by atomic mass is 19.4. The molecule has 0 unspecified atom stereocenters. The summed E-state index contributed by atoms with van der Waals surface area (Å²) >= 11 is 0. The van der Waals surface area contributed by atoms with Crippen LogP contribution in [0.2, 0.25) is 0 Å². The molecule has 0 saturated carbocycles. The Morgan fingerprint density at radius 2 is 2.07 bits per heavy atom. The zero-order valence-electron chi connectivity index (χ0n) is 6.84. The summed E-state index contributed by atoms with van der Waals surface area (Å²) < 4.78 is 36.5. The van der Waals surface area contributed by atoms with E-state index in [9.17, 15) is 13.2 Å². The van der Waals surface area contributed by atoms with Crippen molar-refractivity contribution >= 4 is 0 Å². The number of aliphatic hydroxyl groups is 1. The molecule has 1 aromatic rings. The Labute approximate surface area is 77.4 Å². The summed E-state index contributed by atoms with van der Waals surface area (Å²) in [4.78, 5) is 3.14. The number of halogens is 3. The second kappa shape index (κ2) is 3.64. The van der Waals surface area contributed by atoms with Gasteiger partial charge in [0.1, 0.15) is 5.69 Å². The summed E-state index contributed by atoms with van der Waals surface area (Å²) in [5.74, 6) is 0. The molecule has 0 atom stereocenters. The molecular formula is C8H5F3N2O. The van der Waals surface area contributed by atoms with Crippen LogP contribution < -0.4 is 0 Å². The first-order valence-corrected chi connectivity index (χ1v) is 3.56. The van der Waals surface area contributed by atoms with Crippen LogP contribution in [0.5, 0.6) is 0 Å². The summed E-state index contributed by atoms with van der Waals surface area (Å²) in [6, 6.07) is 3.31. The number of hydrogen-bond acceptors (Lipinski definition) is 3. The lowest BCUT2D eigenvalue weighted by atomic mass is 10.2. The third kappa shape index (κ3) is 2.20. The van der Waals surface area contributed by atoms with Crippen LogP contribution in [0.4, 0.5) is 13.2 Å².